The van der Waals surface area contributed by atoms with E-state index in [9.17, 15) is 9.90 Å². The van der Waals surface area contributed by atoms with Gasteiger partial charge < -0.3 is 21.5 Å². The van der Waals surface area contributed by atoms with Gasteiger partial charge in [0.2, 0.25) is 0 Å². The molecule has 0 saturated heterocycles. The third kappa shape index (κ3) is 7.16. The van der Waals surface area contributed by atoms with Gasteiger partial charge in [0, 0.05) is 41.9 Å². The first-order valence-electron chi connectivity index (χ1n) is 10.5. The van der Waals surface area contributed by atoms with Crippen LogP contribution in [-0.2, 0) is 4.79 Å². The number of anilines is 1. The average Bonchev–Trinajstić information content (AvgIpc) is 2.78. The van der Waals surface area contributed by atoms with Gasteiger partial charge in [-0.3, -0.25) is 20.6 Å². The molecule has 2 heterocycles. The standard InChI is InChI=1S/C23H33N7O2/c1-15(8-11-27-25-4)22(30-21-7-5-6-16(2)28-21)18-9-10-26-20(12-18)19(13-24)23(32)29-17(3)14-31/h5-7,9-10,12-13,17,25,27,31H,8,11,14,24H2,1-4H3,(H,28,30)(H,29,32)/b19-13?,22-15+. The van der Waals surface area contributed by atoms with E-state index in [0.717, 1.165) is 41.3 Å². The first-order chi connectivity index (χ1) is 15.4. The molecular formula is C23H33N7O2. The monoisotopic (exact) mass is 439 g/mol. The van der Waals surface area contributed by atoms with Crippen LogP contribution in [0.5, 0.6) is 0 Å². The minimum absolute atomic E-state index is 0.169. The maximum atomic E-state index is 12.6. The SMILES string of the molecule is CNNCC/C(C)=C(/Nc1cccc(C)n1)c1ccnc(C(=CN)C(=O)NC(C)CO)c1. The smallest absolute Gasteiger partial charge is 0.255 e. The quantitative estimate of drug-likeness (QED) is 0.176. The summed E-state index contributed by atoms with van der Waals surface area (Å²) in [5, 5.41) is 15.4. The van der Waals surface area contributed by atoms with Crippen molar-refractivity contribution in [1.29, 1.82) is 0 Å². The van der Waals surface area contributed by atoms with Crippen molar-refractivity contribution in [2.75, 3.05) is 25.5 Å². The van der Waals surface area contributed by atoms with Gasteiger partial charge in [-0.15, -0.1) is 0 Å². The number of amides is 1. The molecule has 32 heavy (non-hydrogen) atoms. The highest BCUT2D eigenvalue weighted by molar-refractivity contribution is 6.19. The van der Waals surface area contributed by atoms with Crippen LogP contribution in [0, 0.1) is 6.92 Å². The summed E-state index contributed by atoms with van der Waals surface area (Å²) in [5.74, 6) is 0.330. The van der Waals surface area contributed by atoms with E-state index >= 15 is 0 Å². The summed E-state index contributed by atoms with van der Waals surface area (Å²) >= 11 is 0. The number of pyridine rings is 2. The van der Waals surface area contributed by atoms with E-state index in [1.807, 2.05) is 51.2 Å². The number of nitrogens with two attached hydrogens (primary N) is 1. The van der Waals surface area contributed by atoms with Gasteiger partial charge in [0.25, 0.3) is 5.91 Å². The van der Waals surface area contributed by atoms with Crippen LogP contribution in [0.15, 0.2) is 48.3 Å². The van der Waals surface area contributed by atoms with Crippen LogP contribution < -0.4 is 27.2 Å². The zero-order chi connectivity index (χ0) is 23.5. The number of hydrazine groups is 1. The third-order valence-corrected chi connectivity index (χ3v) is 4.76. The van der Waals surface area contributed by atoms with Gasteiger partial charge in [-0.25, -0.2) is 4.98 Å². The molecule has 0 aliphatic rings. The molecule has 1 amide bonds. The predicted octanol–water partition coefficient (Wildman–Crippen LogP) is 1.54. The summed E-state index contributed by atoms with van der Waals surface area (Å²) < 4.78 is 0. The lowest BCUT2D eigenvalue weighted by atomic mass is 10.0. The Morgan fingerprint density at radius 3 is 2.75 bits per heavy atom. The molecule has 9 nitrogen and oxygen atoms in total. The van der Waals surface area contributed by atoms with Crippen LogP contribution in [0.1, 0.15) is 37.2 Å². The van der Waals surface area contributed by atoms with Crippen LogP contribution in [0.25, 0.3) is 11.3 Å². The Kier molecular flexibility index (Phi) is 9.80. The van der Waals surface area contributed by atoms with Crippen LogP contribution >= 0.6 is 0 Å². The van der Waals surface area contributed by atoms with Crippen molar-refractivity contribution in [1.82, 2.24) is 26.1 Å². The maximum Gasteiger partial charge on any atom is 0.255 e. The fraction of sp³-hybridized carbons (Fsp3) is 0.348. The molecule has 0 aliphatic carbocycles. The molecule has 2 aromatic heterocycles. The highest BCUT2D eigenvalue weighted by Crippen LogP contribution is 2.25. The Balaban J connectivity index is 2.43. The van der Waals surface area contributed by atoms with Crippen LogP contribution in [0.3, 0.4) is 0 Å². The molecule has 0 aliphatic heterocycles. The van der Waals surface area contributed by atoms with Crippen molar-refractivity contribution in [3.8, 4) is 0 Å². The molecule has 2 aromatic rings. The molecule has 1 unspecified atom stereocenters. The normalized spacial score (nSPS) is 13.3. The fourth-order valence-electron chi connectivity index (χ4n) is 3.02. The van der Waals surface area contributed by atoms with E-state index in [1.165, 1.54) is 6.20 Å². The summed E-state index contributed by atoms with van der Waals surface area (Å²) in [6.07, 6.45) is 3.65. The molecular weight excluding hydrogens is 406 g/mol. The Morgan fingerprint density at radius 2 is 2.09 bits per heavy atom. The fourth-order valence-corrected chi connectivity index (χ4v) is 3.02. The summed E-state index contributed by atoms with van der Waals surface area (Å²) in [6.45, 7) is 6.26. The Labute approximate surface area is 189 Å². The van der Waals surface area contributed by atoms with Gasteiger partial charge >= 0.3 is 0 Å². The van der Waals surface area contributed by atoms with Crippen molar-refractivity contribution in [2.45, 2.75) is 33.2 Å². The lowest BCUT2D eigenvalue weighted by Gasteiger charge is -2.17. The molecule has 1 atom stereocenters. The third-order valence-electron chi connectivity index (χ3n) is 4.76. The topological polar surface area (TPSA) is 137 Å². The van der Waals surface area contributed by atoms with Crippen molar-refractivity contribution >= 4 is 23.0 Å². The summed E-state index contributed by atoms with van der Waals surface area (Å²) in [6, 6.07) is 9.08. The van der Waals surface area contributed by atoms with E-state index in [-0.39, 0.29) is 12.2 Å². The van der Waals surface area contributed by atoms with Crippen LogP contribution in [0.2, 0.25) is 0 Å². The zero-order valence-electron chi connectivity index (χ0n) is 19.1. The van der Waals surface area contributed by atoms with Gasteiger partial charge in [-0.05, 0) is 64.1 Å². The summed E-state index contributed by atoms with van der Waals surface area (Å²) in [5.41, 5.74) is 16.2. The van der Waals surface area contributed by atoms with Crippen molar-refractivity contribution in [3.63, 3.8) is 0 Å². The summed E-state index contributed by atoms with van der Waals surface area (Å²) in [7, 11) is 1.83. The number of carbonyl (C=O) groups is 1. The second kappa shape index (κ2) is 12.6. The second-order valence-electron chi connectivity index (χ2n) is 7.44. The van der Waals surface area contributed by atoms with Crippen LogP contribution in [0.4, 0.5) is 5.82 Å². The molecule has 0 fully saturated rings. The molecule has 0 saturated carbocycles. The first kappa shape index (κ1) is 25.0. The number of aliphatic hydroxyl groups is 1. The Bertz CT molecular complexity index is 972. The van der Waals surface area contributed by atoms with Crippen molar-refractivity contribution in [3.05, 3.63) is 65.3 Å². The van der Waals surface area contributed by atoms with E-state index in [4.69, 9.17) is 5.73 Å². The van der Waals surface area contributed by atoms with E-state index in [2.05, 4.69) is 31.5 Å². The lowest BCUT2D eigenvalue weighted by Crippen LogP contribution is -2.35. The number of aromatic nitrogens is 2. The van der Waals surface area contributed by atoms with Crippen LogP contribution in [-0.4, -0.2) is 47.2 Å². The van der Waals surface area contributed by atoms with Gasteiger partial charge in [0.15, 0.2) is 0 Å². The number of aliphatic hydroxyl groups excluding tert-OH is 1. The second-order valence-corrected chi connectivity index (χ2v) is 7.44. The number of nitrogens with one attached hydrogen (secondary N) is 4. The molecule has 0 aromatic carbocycles. The molecule has 9 heteroatoms. The molecule has 0 bridgehead atoms. The average molecular weight is 440 g/mol. The largest absolute Gasteiger partial charge is 0.404 e. The highest BCUT2D eigenvalue weighted by atomic mass is 16.3. The van der Waals surface area contributed by atoms with E-state index < -0.39 is 11.9 Å². The van der Waals surface area contributed by atoms with Crippen molar-refractivity contribution in [2.24, 2.45) is 5.73 Å². The van der Waals surface area contributed by atoms with Gasteiger partial charge in [-0.2, -0.15) is 0 Å². The number of carbonyl (C=O) groups excluding carboxylic acids is 1. The first-order valence-corrected chi connectivity index (χ1v) is 10.5. The van der Waals surface area contributed by atoms with E-state index in [1.54, 1.807) is 13.1 Å². The lowest BCUT2D eigenvalue weighted by molar-refractivity contribution is -0.116. The molecule has 0 spiro atoms. The van der Waals surface area contributed by atoms with Crippen molar-refractivity contribution < 1.29 is 9.90 Å². The number of nitrogens with zero attached hydrogens (tertiary/aromatic N) is 2. The zero-order valence-corrected chi connectivity index (χ0v) is 19.1. The molecule has 0 radical (unpaired) electrons. The summed E-state index contributed by atoms with van der Waals surface area (Å²) in [4.78, 5) is 21.5. The minimum atomic E-state index is -0.396. The number of hydrogen-bond donors (Lipinski definition) is 6. The van der Waals surface area contributed by atoms with Gasteiger partial charge in [0.1, 0.15) is 5.82 Å². The highest BCUT2D eigenvalue weighted by Gasteiger charge is 2.17. The molecule has 172 valence electrons. The maximum absolute atomic E-state index is 12.6. The van der Waals surface area contributed by atoms with Gasteiger partial charge in [0.05, 0.1) is 17.9 Å². The predicted molar refractivity (Wildman–Crippen MR) is 128 cm³/mol. The molecule has 7 N–H and O–H groups in total. The number of hydrogen-bond acceptors (Lipinski definition) is 8. The Morgan fingerprint density at radius 1 is 1.31 bits per heavy atom. The minimum Gasteiger partial charge on any atom is -0.404 e. The number of aryl methyl sites for hydroxylation is 1. The Hall–Kier alpha value is -3.27. The van der Waals surface area contributed by atoms with E-state index in [0.29, 0.717) is 5.69 Å². The number of rotatable bonds is 11. The molecule has 2 rings (SSSR count). The van der Waals surface area contributed by atoms with Gasteiger partial charge in [-0.1, -0.05) is 6.07 Å².